The van der Waals surface area contributed by atoms with Crippen molar-refractivity contribution in [2.24, 2.45) is 5.92 Å². The molecule has 1 amide bonds. The van der Waals surface area contributed by atoms with Gasteiger partial charge in [0.25, 0.3) is 5.91 Å². The number of likely N-dealkylation sites (N-methyl/N-ethyl adjacent to an activating group) is 1. The smallest absolute Gasteiger partial charge is 0.256 e. The summed E-state index contributed by atoms with van der Waals surface area (Å²) >= 11 is 1.87. The largest absolute Gasteiger partial charge is 0.376 e. The van der Waals surface area contributed by atoms with Gasteiger partial charge >= 0.3 is 0 Å². The van der Waals surface area contributed by atoms with Gasteiger partial charge in [-0.25, -0.2) is 0 Å². The van der Waals surface area contributed by atoms with Crippen molar-refractivity contribution < 1.29 is 4.79 Å². The number of nitrogens with zero attached hydrogens (tertiary/aromatic N) is 2. The molecule has 28 heavy (non-hydrogen) atoms. The Bertz CT molecular complexity index is 926. The van der Waals surface area contributed by atoms with Gasteiger partial charge in [0.15, 0.2) is 0 Å². The average molecular weight is 394 g/mol. The highest BCUT2D eigenvalue weighted by atomic mass is 32.1. The average Bonchev–Trinajstić information content (AvgIpc) is 3.36. The third kappa shape index (κ3) is 2.97. The number of thiophene rings is 1. The lowest BCUT2D eigenvalue weighted by Gasteiger charge is -2.38. The quantitative estimate of drug-likeness (QED) is 0.774. The second-order valence-electron chi connectivity index (χ2n) is 8.29. The predicted molar refractivity (Wildman–Crippen MR) is 115 cm³/mol. The Morgan fingerprint density at radius 2 is 1.96 bits per heavy atom. The van der Waals surface area contributed by atoms with Crippen LogP contribution in [0.5, 0.6) is 0 Å². The number of fused-ring (bicyclic) bond motifs is 3. The molecule has 0 saturated carbocycles. The number of nitrogens with one attached hydrogen (secondary N) is 1. The van der Waals surface area contributed by atoms with Crippen molar-refractivity contribution in [3.63, 3.8) is 0 Å². The Balaban J connectivity index is 1.52. The molecule has 1 aliphatic carbocycles. The zero-order valence-electron chi connectivity index (χ0n) is 16.5. The molecule has 1 fully saturated rings. The van der Waals surface area contributed by atoms with Crippen molar-refractivity contribution in [3.8, 4) is 0 Å². The first-order chi connectivity index (χ1) is 13.6. The van der Waals surface area contributed by atoms with Gasteiger partial charge in [0.1, 0.15) is 0 Å². The molecule has 0 spiro atoms. The number of carbonyl (C=O) groups is 1. The van der Waals surface area contributed by atoms with E-state index in [0.717, 1.165) is 43.9 Å². The summed E-state index contributed by atoms with van der Waals surface area (Å²) in [5, 5.41) is 3.81. The number of carbonyl (C=O) groups excluding carboxylic acids is 1. The zero-order valence-corrected chi connectivity index (χ0v) is 17.3. The van der Waals surface area contributed by atoms with Crippen LogP contribution in [-0.4, -0.2) is 48.9 Å². The van der Waals surface area contributed by atoms with E-state index in [9.17, 15) is 4.79 Å². The third-order valence-corrected chi connectivity index (χ3v) is 7.57. The van der Waals surface area contributed by atoms with Crippen LogP contribution in [0.1, 0.15) is 44.1 Å². The molecule has 3 unspecified atom stereocenters. The Labute approximate surface area is 170 Å². The summed E-state index contributed by atoms with van der Waals surface area (Å²) in [5.41, 5.74) is 3.16. The summed E-state index contributed by atoms with van der Waals surface area (Å²) in [4.78, 5) is 20.4. The molecule has 3 aliphatic rings. The van der Waals surface area contributed by atoms with Gasteiger partial charge in [-0.2, -0.15) is 0 Å². The molecule has 2 aliphatic heterocycles. The summed E-state index contributed by atoms with van der Waals surface area (Å²) in [6.07, 6.45) is 5.76. The molecule has 146 valence electrons. The summed E-state index contributed by atoms with van der Waals surface area (Å²) in [5.74, 6) is 1.09. The normalized spacial score (nSPS) is 26.6. The van der Waals surface area contributed by atoms with Crippen LogP contribution >= 0.6 is 11.3 Å². The van der Waals surface area contributed by atoms with E-state index in [1.165, 1.54) is 15.3 Å². The van der Waals surface area contributed by atoms with Crippen molar-refractivity contribution in [2.75, 3.05) is 38.5 Å². The molecule has 1 saturated heterocycles. The van der Waals surface area contributed by atoms with Gasteiger partial charge in [-0.3, -0.25) is 4.79 Å². The molecule has 2 aromatic rings. The molecule has 4 nitrogen and oxygen atoms in total. The van der Waals surface area contributed by atoms with E-state index >= 15 is 0 Å². The predicted octanol–water partition coefficient (Wildman–Crippen LogP) is 4.27. The van der Waals surface area contributed by atoms with Crippen molar-refractivity contribution in [2.45, 2.75) is 25.3 Å². The number of anilines is 1. The number of hydrogen-bond donors (Lipinski definition) is 1. The second-order valence-corrected chi connectivity index (χ2v) is 9.61. The van der Waals surface area contributed by atoms with Crippen LogP contribution in [0.25, 0.3) is 0 Å². The summed E-state index contributed by atoms with van der Waals surface area (Å²) in [6.45, 7) is 5.66. The topological polar surface area (TPSA) is 35.6 Å². The van der Waals surface area contributed by atoms with E-state index in [2.05, 4.69) is 60.6 Å². The minimum atomic E-state index is 0.166. The molecule has 5 rings (SSSR count). The summed E-state index contributed by atoms with van der Waals surface area (Å²) in [7, 11) is 2.12. The van der Waals surface area contributed by atoms with E-state index < -0.39 is 0 Å². The third-order valence-electron chi connectivity index (χ3n) is 6.49. The number of para-hydroxylation sites is 1. The number of benzene rings is 1. The number of allylic oxidation sites excluding steroid dienone is 2. The van der Waals surface area contributed by atoms with Crippen LogP contribution in [0.2, 0.25) is 0 Å². The van der Waals surface area contributed by atoms with Crippen molar-refractivity contribution >= 4 is 22.9 Å². The minimum Gasteiger partial charge on any atom is -0.376 e. The lowest BCUT2D eigenvalue weighted by molar-refractivity contribution is 0.0664. The number of amides is 1. The summed E-state index contributed by atoms with van der Waals surface area (Å²) in [6, 6.07) is 11.0. The first kappa shape index (κ1) is 18.0. The fourth-order valence-electron chi connectivity index (χ4n) is 4.88. The van der Waals surface area contributed by atoms with Crippen LogP contribution in [0, 0.1) is 12.8 Å². The number of aryl methyl sites for hydroxylation is 1. The van der Waals surface area contributed by atoms with Crippen molar-refractivity contribution in [3.05, 3.63) is 63.4 Å². The van der Waals surface area contributed by atoms with E-state index in [1.807, 2.05) is 22.3 Å². The molecular formula is C23H27N3OS. The molecule has 1 aromatic carbocycles. The van der Waals surface area contributed by atoms with Gasteiger partial charge in [-0.15, -0.1) is 11.3 Å². The Morgan fingerprint density at radius 1 is 1.14 bits per heavy atom. The number of piperazine rings is 1. The van der Waals surface area contributed by atoms with Crippen LogP contribution < -0.4 is 5.32 Å². The van der Waals surface area contributed by atoms with Crippen LogP contribution in [-0.2, 0) is 0 Å². The highest BCUT2D eigenvalue weighted by Gasteiger charge is 2.40. The van der Waals surface area contributed by atoms with Crippen LogP contribution in [0.4, 0.5) is 5.69 Å². The van der Waals surface area contributed by atoms with Gasteiger partial charge in [-0.1, -0.05) is 24.3 Å². The van der Waals surface area contributed by atoms with Gasteiger partial charge in [0, 0.05) is 41.9 Å². The second kappa shape index (κ2) is 7.05. The number of rotatable bonds is 2. The lowest BCUT2D eigenvalue weighted by Crippen LogP contribution is -2.47. The molecule has 1 aromatic heterocycles. The minimum absolute atomic E-state index is 0.166. The van der Waals surface area contributed by atoms with Gasteiger partial charge < -0.3 is 15.1 Å². The lowest BCUT2D eigenvalue weighted by atomic mass is 9.78. The van der Waals surface area contributed by atoms with Gasteiger partial charge in [0.2, 0.25) is 0 Å². The highest BCUT2D eigenvalue weighted by Crippen LogP contribution is 2.51. The number of hydrogen-bond acceptors (Lipinski definition) is 4. The molecule has 0 bridgehead atoms. The van der Waals surface area contributed by atoms with Gasteiger partial charge in [-0.05, 0) is 50.1 Å². The molecular weight excluding hydrogens is 366 g/mol. The maximum atomic E-state index is 13.4. The van der Waals surface area contributed by atoms with Crippen molar-refractivity contribution in [1.82, 2.24) is 9.80 Å². The standard InChI is InChI=1S/C23H27N3OS/c1-15-9-10-20(28-15)22-18-7-3-5-16(18)17-6-4-8-19(21(17)24-22)23(27)26-13-11-25(2)12-14-26/h3-6,8-10,16,18,22,24H,7,11-14H2,1-2H3. The van der Waals surface area contributed by atoms with E-state index in [4.69, 9.17) is 0 Å². The Kier molecular flexibility index (Phi) is 4.52. The SMILES string of the molecule is Cc1ccc(C2Nc3c(C(=O)N4CCN(C)CC4)cccc3C3C=CCC32)s1. The molecule has 5 heteroatoms. The molecule has 1 N–H and O–H groups in total. The Morgan fingerprint density at radius 3 is 2.71 bits per heavy atom. The van der Waals surface area contributed by atoms with E-state index in [0.29, 0.717) is 11.8 Å². The van der Waals surface area contributed by atoms with Crippen LogP contribution in [0.15, 0.2) is 42.5 Å². The Hall–Kier alpha value is -2.11. The maximum absolute atomic E-state index is 13.4. The highest BCUT2D eigenvalue weighted by molar-refractivity contribution is 7.12. The first-order valence-corrected chi connectivity index (χ1v) is 11.0. The van der Waals surface area contributed by atoms with E-state index in [-0.39, 0.29) is 11.9 Å². The molecule has 3 heterocycles. The van der Waals surface area contributed by atoms with E-state index in [1.54, 1.807) is 0 Å². The zero-order chi connectivity index (χ0) is 19.3. The summed E-state index contributed by atoms with van der Waals surface area (Å²) < 4.78 is 0. The fourth-order valence-corrected chi connectivity index (χ4v) is 5.89. The fraction of sp³-hybridized carbons (Fsp3) is 0.435. The maximum Gasteiger partial charge on any atom is 0.256 e. The monoisotopic (exact) mass is 393 g/mol. The van der Waals surface area contributed by atoms with Gasteiger partial charge in [0.05, 0.1) is 17.3 Å². The van der Waals surface area contributed by atoms with Crippen LogP contribution in [0.3, 0.4) is 0 Å². The first-order valence-electron chi connectivity index (χ1n) is 10.2. The molecule has 0 radical (unpaired) electrons. The van der Waals surface area contributed by atoms with Crippen molar-refractivity contribution in [1.29, 1.82) is 0 Å². The molecule has 3 atom stereocenters.